The molecule has 2 aliphatic rings. The van der Waals surface area contributed by atoms with Gasteiger partial charge in [0.05, 0.1) is 11.5 Å². The fourth-order valence-electron chi connectivity index (χ4n) is 3.07. The van der Waals surface area contributed by atoms with Crippen LogP contribution in [0.1, 0.15) is 18.4 Å². The fourth-order valence-corrected chi connectivity index (χ4v) is 4.78. The Balaban J connectivity index is 1.50. The second kappa shape index (κ2) is 5.77. The summed E-state index contributed by atoms with van der Waals surface area (Å²) < 4.78 is 22.7. The van der Waals surface area contributed by atoms with E-state index in [2.05, 4.69) is 11.4 Å². The number of hydrogen-bond acceptors (Lipinski definition) is 4. The van der Waals surface area contributed by atoms with Gasteiger partial charge in [-0.3, -0.25) is 4.79 Å². The van der Waals surface area contributed by atoms with Crippen molar-refractivity contribution in [3.63, 3.8) is 0 Å². The third-order valence-electron chi connectivity index (χ3n) is 4.19. The first-order chi connectivity index (χ1) is 10.1. The number of rotatable bonds is 4. The first-order valence-corrected chi connectivity index (χ1v) is 9.19. The number of anilines is 1. The van der Waals surface area contributed by atoms with Crippen LogP contribution in [-0.4, -0.2) is 45.0 Å². The summed E-state index contributed by atoms with van der Waals surface area (Å²) in [5.74, 6) is 0.569. The lowest BCUT2D eigenvalue weighted by molar-refractivity contribution is -0.118. The predicted molar refractivity (Wildman–Crippen MR) is 82.2 cm³/mol. The minimum atomic E-state index is -2.86. The molecule has 5 nitrogen and oxygen atoms in total. The summed E-state index contributed by atoms with van der Waals surface area (Å²) in [6, 6.07) is 8.00. The quantitative estimate of drug-likeness (QED) is 0.891. The predicted octanol–water partition coefficient (Wildman–Crippen LogP) is 0.743. The van der Waals surface area contributed by atoms with E-state index in [1.807, 2.05) is 23.1 Å². The van der Waals surface area contributed by atoms with E-state index in [-0.39, 0.29) is 23.5 Å². The van der Waals surface area contributed by atoms with Crippen molar-refractivity contribution in [3.05, 3.63) is 29.8 Å². The number of carbonyl (C=O) groups is 1. The summed E-state index contributed by atoms with van der Waals surface area (Å²) in [4.78, 5) is 14.1. The smallest absolute Gasteiger partial charge is 0.228 e. The highest BCUT2D eigenvalue weighted by Crippen LogP contribution is 2.27. The molecule has 0 bridgehead atoms. The summed E-state index contributed by atoms with van der Waals surface area (Å²) in [6.45, 7) is 1.29. The Morgan fingerprint density at radius 1 is 1.33 bits per heavy atom. The van der Waals surface area contributed by atoms with Crippen LogP contribution in [0.5, 0.6) is 0 Å². The van der Waals surface area contributed by atoms with E-state index >= 15 is 0 Å². The molecule has 0 saturated carbocycles. The SMILES string of the molecule is O=C(CCNC1CCS(=O)(=O)C1)N1CCc2ccccc21. The Hall–Kier alpha value is -1.40. The third-order valence-corrected chi connectivity index (χ3v) is 5.96. The number of para-hydroxylation sites is 1. The lowest BCUT2D eigenvalue weighted by atomic mass is 10.2. The molecule has 0 radical (unpaired) electrons. The van der Waals surface area contributed by atoms with Gasteiger partial charge in [0, 0.05) is 31.2 Å². The van der Waals surface area contributed by atoms with E-state index in [1.54, 1.807) is 0 Å². The van der Waals surface area contributed by atoms with Gasteiger partial charge >= 0.3 is 0 Å². The van der Waals surface area contributed by atoms with E-state index in [1.165, 1.54) is 5.56 Å². The number of benzene rings is 1. The molecule has 1 fully saturated rings. The number of fused-ring (bicyclic) bond motifs is 1. The Kier molecular flexibility index (Phi) is 3.99. The van der Waals surface area contributed by atoms with Crippen LogP contribution >= 0.6 is 0 Å². The maximum absolute atomic E-state index is 12.3. The van der Waals surface area contributed by atoms with Crippen LogP contribution in [0.4, 0.5) is 5.69 Å². The molecule has 1 aromatic carbocycles. The van der Waals surface area contributed by atoms with E-state index in [0.29, 0.717) is 19.4 Å². The first-order valence-electron chi connectivity index (χ1n) is 7.37. The Morgan fingerprint density at radius 2 is 2.14 bits per heavy atom. The number of carbonyl (C=O) groups excluding carboxylic acids is 1. The topological polar surface area (TPSA) is 66.5 Å². The molecular formula is C15H20N2O3S. The molecule has 2 aliphatic heterocycles. The average Bonchev–Trinajstić information content (AvgIpc) is 3.02. The van der Waals surface area contributed by atoms with E-state index in [9.17, 15) is 13.2 Å². The van der Waals surface area contributed by atoms with Crippen molar-refractivity contribution in [2.45, 2.75) is 25.3 Å². The molecular weight excluding hydrogens is 288 g/mol. The highest BCUT2D eigenvalue weighted by atomic mass is 32.2. The van der Waals surface area contributed by atoms with Crippen LogP contribution in [0.15, 0.2) is 24.3 Å². The van der Waals surface area contributed by atoms with Gasteiger partial charge in [0.25, 0.3) is 0 Å². The van der Waals surface area contributed by atoms with Crippen LogP contribution in [0.2, 0.25) is 0 Å². The average molecular weight is 308 g/mol. The highest BCUT2D eigenvalue weighted by molar-refractivity contribution is 7.91. The number of nitrogens with one attached hydrogen (secondary N) is 1. The highest BCUT2D eigenvalue weighted by Gasteiger charge is 2.28. The zero-order chi connectivity index (χ0) is 14.9. The number of hydrogen-bond donors (Lipinski definition) is 1. The lowest BCUT2D eigenvalue weighted by Gasteiger charge is -2.18. The summed E-state index contributed by atoms with van der Waals surface area (Å²) in [6.07, 6.45) is 1.98. The van der Waals surface area contributed by atoms with Crippen molar-refractivity contribution in [2.24, 2.45) is 0 Å². The minimum absolute atomic E-state index is 0.00802. The second-order valence-corrected chi connectivity index (χ2v) is 7.96. The van der Waals surface area contributed by atoms with Crippen molar-refractivity contribution in [3.8, 4) is 0 Å². The molecule has 6 heteroatoms. The van der Waals surface area contributed by atoms with Crippen LogP contribution in [0, 0.1) is 0 Å². The maximum Gasteiger partial charge on any atom is 0.228 e. The molecule has 0 spiro atoms. The van der Waals surface area contributed by atoms with Gasteiger partial charge in [-0.25, -0.2) is 8.42 Å². The van der Waals surface area contributed by atoms with Gasteiger partial charge in [-0.05, 0) is 24.5 Å². The van der Waals surface area contributed by atoms with Crippen molar-refractivity contribution in [1.82, 2.24) is 5.32 Å². The van der Waals surface area contributed by atoms with Gasteiger partial charge in [-0.1, -0.05) is 18.2 Å². The van der Waals surface area contributed by atoms with E-state index < -0.39 is 9.84 Å². The van der Waals surface area contributed by atoms with Crippen molar-refractivity contribution in [1.29, 1.82) is 0 Å². The maximum atomic E-state index is 12.3. The molecule has 1 saturated heterocycles. The van der Waals surface area contributed by atoms with Crippen LogP contribution in [-0.2, 0) is 21.1 Å². The monoisotopic (exact) mass is 308 g/mol. The Morgan fingerprint density at radius 3 is 2.90 bits per heavy atom. The summed E-state index contributed by atoms with van der Waals surface area (Å²) >= 11 is 0. The molecule has 0 aromatic heterocycles. The Labute approximate surface area is 125 Å². The molecule has 1 amide bonds. The minimum Gasteiger partial charge on any atom is -0.312 e. The number of sulfone groups is 1. The Bertz CT molecular complexity index is 642. The molecule has 0 aliphatic carbocycles. The molecule has 1 atom stereocenters. The van der Waals surface area contributed by atoms with Crippen LogP contribution in [0.3, 0.4) is 0 Å². The molecule has 2 heterocycles. The number of amides is 1. The summed E-state index contributed by atoms with van der Waals surface area (Å²) in [5.41, 5.74) is 2.24. The van der Waals surface area contributed by atoms with Crippen LogP contribution in [0.25, 0.3) is 0 Å². The zero-order valence-electron chi connectivity index (χ0n) is 11.9. The molecule has 1 aromatic rings. The third kappa shape index (κ3) is 3.27. The zero-order valence-corrected chi connectivity index (χ0v) is 12.7. The van der Waals surface area contributed by atoms with Crippen LogP contribution < -0.4 is 10.2 Å². The van der Waals surface area contributed by atoms with Crippen molar-refractivity contribution < 1.29 is 13.2 Å². The molecule has 114 valence electrons. The fraction of sp³-hybridized carbons (Fsp3) is 0.533. The first kappa shape index (κ1) is 14.5. The van der Waals surface area contributed by atoms with Gasteiger partial charge in [-0.15, -0.1) is 0 Å². The van der Waals surface area contributed by atoms with Gasteiger partial charge in [0.1, 0.15) is 0 Å². The van der Waals surface area contributed by atoms with Crippen molar-refractivity contribution >= 4 is 21.4 Å². The summed E-state index contributed by atoms with van der Waals surface area (Å²) in [5, 5.41) is 3.19. The normalized spacial score (nSPS) is 23.2. The largest absolute Gasteiger partial charge is 0.312 e. The van der Waals surface area contributed by atoms with Gasteiger partial charge in [0.2, 0.25) is 5.91 Å². The molecule has 3 rings (SSSR count). The molecule has 1 N–H and O–H groups in total. The molecule has 1 unspecified atom stereocenters. The van der Waals surface area contributed by atoms with Gasteiger partial charge in [-0.2, -0.15) is 0 Å². The summed E-state index contributed by atoms with van der Waals surface area (Å²) in [7, 11) is -2.86. The lowest BCUT2D eigenvalue weighted by Crippen LogP contribution is -2.35. The van der Waals surface area contributed by atoms with E-state index in [0.717, 1.165) is 18.7 Å². The second-order valence-electron chi connectivity index (χ2n) is 5.73. The van der Waals surface area contributed by atoms with Gasteiger partial charge < -0.3 is 10.2 Å². The number of nitrogens with zero attached hydrogens (tertiary/aromatic N) is 1. The molecule has 21 heavy (non-hydrogen) atoms. The standard InChI is InChI=1S/C15H20N2O3S/c18-15(5-8-16-13-7-10-21(19,20)11-13)17-9-6-12-3-1-2-4-14(12)17/h1-4,13,16H,5-11H2. The van der Waals surface area contributed by atoms with Crippen molar-refractivity contribution in [2.75, 3.05) is 29.5 Å². The van der Waals surface area contributed by atoms with E-state index in [4.69, 9.17) is 0 Å². The van der Waals surface area contributed by atoms with Gasteiger partial charge in [0.15, 0.2) is 9.84 Å².